The summed E-state index contributed by atoms with van der Waals surface area (Å²) < 4.78 is 58.8. The summed E-state index contributed by atoms with van der Waals surface area (Å²) in [4.78, 5) is 34.4. The minimum Gasteiger partial charge on any atom is -0.371 e. The van der Waals surface area contributed by atoms with E-state index in [0.29, 0.717) is 35.5 Å². The fourth-order valence-corrected chi connectivity index (χ4v) is 11.2. The Morgan fingerprint density at radius 2 is 1.08 bits per heavy atom. The van der Waals surface area contributed by atoms with E-state index >= 15 is 0 Å². The van der Waals surface area contributed by atoms with E-state index in [1.807, 2.05) is 91.0 Å². The van der Waals surface area contributed by atoms with Crippen molar-refractivity contribution in [3.05, 3.63) is 145 Å². The second-order valence-electron chi connectivity index (χ2n) is 16.7. The molecule has 3 aliphatic rings. The monoisotopic (exact) mass is 933 g/mol. The Morgan fingerprint density at radius 1 is 0.591 bits per heavy atom. The van der Waals surface area contributed by atoms with Gasteiger partial charge in [0.15, 0.2) is 6.29 Å². The van der Waals surface area contributed by atoms with Crippen LogP contribution in [-0.4, -0.2) is 80.8 Å². The molecule has 3 fully saturated rings. The maximum absolute atomic E-state index is 13.1. The van der Waals surface area contributed by atoms with Crippen LogP contribution < -0.4 is 30.2 Å². The highest BCUT2D eigenvalue weighted by Gasteiger charge is 2.26. The lowest BCUT2D eigenvalue weighted by atomic mass is 10.0. The van der Waals surface area contributed by atoms with Crippen LogP contribution in [0.15, 0.2) is 143 Å². The normalized spacial score (nSPS) is 18.2. The van der Waals surface area contributed by atoms with E-state index in [1.54, 1.807) is 47.9 Å². The summed E-state index contributed by atoms with van der Waals surface area (Å²) in [5.41, 5.74) is 6.99. The Labute approximate surface area is 385 Å². The molecule has 6 aromatic rings. The van der Waals surface area contributed by atoms with Gasteiger partial charge in [-0.1, -0.05) is 60.7 Å². The summed E-state index contributed by atoms with van der Waals surface area (Å²) in [6, 6.07) is 40.6. The van der Waals surface area contributed by atoms with Crippen LogP contribution in [0.4, 0.5) is 11.4 Å². The molecule has 9 rings (SSSR count). The van der Waals surface area contributed by atoms with Crippen LogP contribution in [0.5, 0.6) is 0 Å². The van der Waals surface area contributed by atoms with Gasteiger partial charge in [0.05, 0.1) is 9.79 Å². The molecule has 346 valence electrons. The Morgan fingerprint density at radius 3 is 1.59 bits per heavy atom. The molecule has 3 aliphatic heterocycles. The summed E-state index contributed by atoms with van der Waals surface area (Å²) in [7, 11) is -6.68. The number of hydrogen-bond acceptors (Lipinski definition) is 11. The Kier molecular flexibility index (Phi) is 14.9. The van der Waals surface area contributed by atoms with Crippen LogP contribution in [-0.2, 0) is 29.5 Å². The van der Waals surface area contributed by atoms with E-state index in [-0.39, 0.29) is 29.2 Å². The van der Waals surface area contributed by atoms with E-state index in [2.05, 4.69) is 24.7 Å². The zero-order chi connectivity index (χ0) is 46.1. The third-order valence-corrected chi connectivity index (χ3v) is 15.3. The summed E-state index contributed by atoms with van der Waals surface area (Å²) in [5, 5.41) is 12.7. The van der Waals surface area contributed by atoms with Crippen LogP contribution in [0.2, 0.25) is 0 Å². The standard InChI is InChI=1S/C27H31N3O5S.C22H24N4O3S/c31-27(28-35-26-7-3-4-18-34-26)21-8-11-24(12-9-21)30-16-14-23(15-17-30)29-36(32,33)25-13-10-20-5-1-2-6-22(20)19-25;23-30(29,21-10-7-16-3-1-2-4-18(16)15-21)25-19-11-13-26(14-12-19)20-8-5-17(6-9-20)22(27)24-28/h1-2,5-6,8-13,19,23,26,29H,3-4,7,14-18H2,(H,28,31);1-10,15,19,28H,11-14H2,(H,24,27)(H2,23,25,29). The molecule has 0 spiro atoms. The maximum atomic E-state index is 13.1. The lowest BCUT2D eigenvalue weighted by Gasteiger charge is -2.34. The van der Waals surface area contributed by atoms with Crippen molar-refractivity contribution in [3.63, 3.8) is 0 Å². The number of carbonyl (C=O) groups is 2. The first kappa shape index (κ1) is 46.6. The van der Waals surface area contributed by atoms with Gasteiger partial charge in [-0.3, -0.25) is 14.8 Å². The third-order valence-electron chi connectivity index (χ3n) is 12.2. The average Bonchev–Trinajstić information content (AvgIpc) is 3.36. The molecule has 0 aromatic heterocycles. The van der Waals surface area contributed by atoms with Crippen molar-refractivity contribution in [2.24, 2.45) is 0 Å². The molecule has 2 atom stereocenters. The molecule has 3 saturated heterocycles. The summed E-state index contributed by atoms with van der Waals surface area (Å²) in [5.74, 6) is -0.846. The van der Waals surface area contributed by atoms with Crippen molar-refractivity contribution < 1.29 is 37.0 Å². The number of amides is 2. The van der Waals surface area contributed by atoms with Gasteiger partial charge in [-0.2, -0.15) is 0 Å². The van der Waals surface area contributed by atoms with Crippen molar-refractivity contribution in [1.82, 2.24) is 20.4 Å². The van der Waals surface area contributed by atoms with Crippen molar-refractivity contribution in [2.75, 3.05) is 42.6 Å². The van der Waals surface area contributed by atoms with Crippen molar-refractivity contribution in [2.45, 2.75) is 73.1 Å². The fraction of sp³-hybridized carbons (Fsp3) is 0.306. The van der Waals surface area contributed by atoms with Gasteiger partial charge in [-0.25, -0.2) is 42.6 Å². The Hall–Kier alpha value is -5.92. The lowest BCUT2D eigenvalue weighted by Crippen LogP contribution is -2.44. The van der Waals surface area contributed by atoms with Gasteiger partial charge in [0.2, 0.25) is 10.0 Å². The molecule has 0 saturated carbocycles. The van der Waals surface area contributed by atoms with Gasteiger partial charge in [-0.05, 0) is 133 Å². The molecule has 3 heterocycles. The topological polar surface area (TPSA) is 202 Å². The van der Waals surface area contributed by atoms with Crippen LogP contribution in [0.3, 0.4) is 0 Å². The number of anilines is 2. The molecule has 66 heavy (non-hydrogen) atoms. The van der Waals surface area contributed by atoms with Gasteiger partial charge < -0.3 is 14.5 Å². The Balaban J connectivity index is 0.000000182. The van der Waals surface area contributed by atoms with Gasteiger partial charge in [-0.15, -0.1) is 0 Å². The van der Waals surface area contributed by atoms with Crippen LogP contribution in [0.1, 0.15) is 65.7 Å². The minimum atomic E-state index is -3.60. The number of benzene rings is 6. The van der Waals surface area contributed by atoms with Gasteiger partial charge in [0.1, 0.15) is 9.92 Å². The molecule has 0 radical (unpaired) electrons. The second-order valence-corrected chi connectivity index (χ2v) is 20.2. The number of nitrogens with zero attached hydrogens (tertiary/aromatic N) is 2. The summed E-state index contributed by atoms with van der Waals surface area (Å²) >= 11 is 0. The molecule has 17 heteroatoms. The van der Waals surface area contributed by atoms with Gasteiger partial charge in [0.25, 0.3) is 11.8 Å². The number of piperidine rings is 2. The zero-order valence-corrected chi connectivity index (χ0v) is 38.1. The average molecular weight is 934 g/mol. The summed E-state index contributed by atoms with van der Waals surface area (Å²) in [6.07, 6.45) is 5.36. The number of fused-ring (bicyclic) bond motifs is 2. The van der Waals surface area contributed by atoms with Crippen LogP contribution >= 0.6 is 0 Å². The number of carbonyl (C=O) groups excluding carboxylic acids is 2. The van der Waals surface area contributed by atoms with Gasteiger partial charge >= 0.3 is 0 Å². The molecule has 6 N–H and O–H groups in total. The number of nitrogens with one attached hydrogen (secondary N) is 5. The van der Waals surface area contributed by atoms with Crippen LogP contribution in [0.25, 0.3) is 21.5 Å². The van der Waals surface area contributed by atoms with Crippen LogP contribution in [0, 0.1) is 4.78 Å². The highest BCUT2D eigenvalue weighted by Crippen LogP contribution is 2.26. The first-order valence-corrected chi connectivity index (χ1v) is 25.3. The number of hydroxylamine groups is 2. The first-order chi connectivity index (χ1) is 31.9. The molecule has 6 aromatic carbocycles. The van der Waals surface area contributed by atoms with Crippen molar-refractivity contribution in [3.8, 4) is 0 Å². The van der Waals surface area contributed by atoms with Crippen molar-refractivity contribution in [1.29, 1.82) is 4.78 Å². The van der Waals surface area contributed by atoms with E-state index < -0.39 is 25.8 Å². The fourth-order valence-electron chi connectivity index (χ4n) is 8.48. The SMILES string of the molecule is N=S(=O)(NC1CCN(c2ccc(C(=O)NO)cc2)CC1)c1ccc2ccccc2c1.O=C(NOC1CCCCO1)c1ccc(N2CCC(NS(=O)(=O)c3ccc4ccccc4c3)CC2)cc1. The largest absolute Gasteiger partial charge is 0.371 e. The molecule has 0 bridgehead atoms. The highest BCUT2D eigenvalue weighted by atomic mass is 32.2. The number of ether oxygens (including phenoxy) is 1. The maximum Gasteiger partial charge on any atom is 0.274 e. The lowest BCUT2D eigenvalue weighted by molar-refractivity contribution is -0.186. The van der Waals surface area contributed by atoms with E-state index in [9.17, 15) is 22.2 Å². The summed E-state index contributed by atoms with van der Waals surface area (Å²) in [6.45, 7) is 3.61. The molecule has 0 aliphatic carbocycles. The van der Waals surface area contributed by atoms with E-state index in [4.69, 9.17) is 19.6 Å². The predicted octanol–water partition coefficient (Wildman–Crippen LogP) is 7.51. The zero-order valence-electron chi connectivity index (χ0n) is 36.4. The van der Waals surface area contributed by atoms with E-state index in [0.717, 1.165) is 91.2 Å². The second kappa shape index (κ2) is 21.1. The van der Waals surface area contributed by atoms with E-state index in [1.165, 1.54) is 0 Å². The molecule has 2 amide bonds. The molecular weight excluding hydrogens is 879 g/mol. The smallest absolute Gasteiger partial charge is 0.274 e. The minimum absolute atomic E-state index is 0.00263. The first-order valence-electron chi connectivity index (χ1n) is 22.2. The molecular formula is C49H55N7O8S2. The Bertz CT molecular complexity index is 2840. The quantitative estimate of drug-likeness (QED) is 0.0527. The highest BCUT2D eigenvalue weighted by molar-refractivity contribution is 7.90. The predicted molar refractivity (Wildman–Crippen MR) is 255 cm³/mol. The molecule has 2 unspecified atom stereocenters. The number of rotatable bonds is 12. The number of sulfonamides is 1. The van der Waals surface area contributed by atoms with Gasteiger partial charge in [0, 0.05) is 73.8 Å². The third kappa shape index (κ3) is 11.7. The molecule has 15 nitrogen and oxygen atoms in total. The number of hydrogen-bond donors (Lipinski definition) is 6. The van der Waals surface area contributed by atoms with Crippen molar-refractivity contribution >= 4 is 64.7 Å².